The maximum atomic E-state index is 13.1. The predicted octanol–water partition coefficient (Wildman–Crippen LogP) is 2.09. The molecule has 0 aliphatic carbocycles. The fourth-order valence-corrected chi connectivity index (χ4v) is 3.70. The Morgan fingerprint density at radius 1 is 0.878 bits per heavy atom. The molecule has 13 nitrogen and oxygen atoms in total. The molecule has 0 saturated heterocycles. The number of nitrogens with one attached hydrogen (secondary N) is 5. The van der Waals surface area contributed by atoms with Gasteiger partial charge in [-0.15, -0.1) is 0 Å². The average molecular weight is 577 g/mol. The topological polar surface area (TPSA) is 198 Å². The Kier molecular flexibility index (Phi) is 16.2. The van der Waals surface area contributed by atoms with Gasteiger partial charge in [0, 0.05) is 31.6 Å². The van der Waals surface area contributed by atoms with Gasteiger partial charge in [0.2, 0.25) is 17.7 Å². The van der Waals surface area contributed by atoms with Gasteiger partial charge in [-0.2, -0.15) is 0 Å². The largest absolute Gasteiger partial charge is 0.445 e. The number of hydrogen-bond acceptors (Lipinski definition) is 7. The lowest BCUT2D eigenvalue weighted by atomic mass is 10.0. The quantitative estimate of drug-likeness (QED) is 0.144. The summed E-state index contributed by atoms with van der Waals surface area (Å²) in [5.41, 5.74) is 6.25. The number of ether oxygens (including phenoxy) is 1. The predicted molar refractivity (Wildman–Crippen MR) is 154 cm³/mol. The maximum absolute atomic E-state index is 13.1. The molecule has 1 aromatic rings. The molecular formula is C28H44N6O7. The number of rotatable bonds is 18. The molecule has 0 saturated carbocycles. The summed E-state index contributed by atoms with van der Waals surface area (Å²) in [6, 6.07) is 4.17. The van der Waals surface area contributed by atoms with Crippen LogP contribution in [-0.2, 0) is 30.5 Å². The van der Waals surface area contributed by atoms with E-state index in [1.54, 1.807) is 38.1 Å². The third-order valence-corrected chi connectivity index (χ3v) is 5.91. The van der Waals surface area contributed by atoms with Crippen molar-refractivity contribution in [1.29, 1.82) is 0 Å². The standard InChI is InChI=1S/C28H44N6O7/c1-5-8-23(36)34-24(18(2)3)26(38)33-22(10-7-15-30-27(29)39)25(37)32-21-13-11-20(12-14-21)17-41-28(40)31-16-6-9-19(4)35/h11-14,18,22,24H,5-10,15-17H2,1-4H3,(H,31,40)(H,32,37)(H,33,38)(H,34,36)(H3,29,30,39)/t22-,24-/m0/s1. The number of anilines is 1. The molecular weight excluding hydrogens is 532 g/mol. The van der Waals surface area contributed by atoms with Crippen molar-refractivity contribution in [2.45, 2.75) is 84.9 Å². The first-order chi connectivity index (χ1) is 19.4. The fourth-order valence-electron chi connectivity index (χ4n) is 3.70. The van der Waals surface area contributed by atoms with Gasteiger partial charge in [-0.05, 0) is 56.2 Å². The van der Waals surface area contributed by atoms with Crippen LogP contribution in [-0.4, -0.2) is 60.8 Å². The van der Waals surface area contributed by atoms with Crippen molar-refractivity contribution >= 4 is 41.3 Å². The zero-order valence-electron chi connectivity index (χ0n) is 24.3. The molecule has 0 heterocycles. The van der Waals surface area contributed by atoms with Crippen LogP contribution in [0.5, 0.6) is 0 Å². The zero-order valence-corrected chi connectivity index (χ0v) is 24.3. The maximum Gasteiger partial charge on any atom is 0.407 e. The van der Waals surface area contributed by atoms with E-state index in [2.05, 4.69) is 26.6 Å². The lowest BCUT2D eigenvalue weighted by molar-refractivity contribution is -0.132. The fraction of sp³-hybridized carbons (Fsp3) is 0.571. The van der Waals surface area contributed by atoms with E-state index in [9.17, 15) is 28.8 Å². The zero-order chi connectivity index (χ0) is 30.8. The van der Waals surface area contributed by atoms with E-state index < -0.39 is 36.0 Å². The normalized spacial score (nSPS) is 12.0. The second-order valence-electron chi connectivity index (χ2n) is 10.0. The minimum Gasteiger partial charge on any atom is -0.445 e. The van der Waals surface area contributed by atoms with Crippen molar-refractivity contribution in [3.8, 4) is 0 Å². The molecule has 7 N–H and O–H groups in total. The smallest absolute Gasteiger partial charge is 0.407 e. The molecule has 1 rings (SSSR count). The van der Waals surface area contributed by atoms with Gasteiger partial charge in [0.1, 0.15) is 24.5 Å². The highest BCUT2D eigenvalue weighted by Crippen LogP contribution is 2.13. The Labute approximate surface area is 241 Å². The molecule has 41 heavy (non-hydrogen) atoms. The Balaban J connectivity index is 2.78. The van der Waals surface area contributed by atoms with Crippen LogP contribution >= 0.6 is 0 Å². The third kappa shape index (κ3) is 15.3. The summed E-state index contributed by atoms with van der Waals surface area (Å²) in [4.78, 5) is 72.1. The van der Waals surface area contributed by atoms with Gasteiger partial charge in [-0.3, -0.25) is 14.4 Å². The van der Waals surface area contributed by atoms with Crippen molar-refractivity contribution in [2.24, 2.45) is 11.7 Å². The van der Waals surface area contributed by atoms with E-state index in [1.807, 2.05) is 6.92 Å². The molecule has 0 bridgehead atoms. The molecule has 1 aromatic carbocycles. The third-order valence-electron chi connectivity index (χ3n) is 5.91. The first kappa shape index (κ1) is 34.9. The van der Waals surface area contributed by atoms with Crippen molar-refractivity contribution in [3.63, 3.8) is 0 Å². The molecule has 2 atom stereocenters. The molecule has 0 unspecified atom stereocenters. The highest BCUT2D eigenvalue weighted by Gasteiger charge is 2.28. The van der Waals surface area contributed by atoms with E-state index in [-0.39, 0.29) is 43.6 Å². The van der Waals surface area contributed by atoms with Gasteiger partial charge in [-0.1, -0.05) is 32.9 Å². The number of urea groups is 1. The van der Waals surface area contributed by atoms with Gasteiger partial charge in [-0.25, -0.2) is 9.59 Å². The molecule has 228 valence electrons. The minimum absolute atomic E-state index is 0.0126. The van der Waals surface area contributed by atoms with Gasteiger partial charge in [0.05, 0.1) is 0 Å². The second kappa shape index (κ2) is 19.0. The van der Waals surface area contributed by atoms with Gasteiger partial charge < -0.3 is 41.8 Å². The lowest BCUT2D eigenvalue weighted by Gasteiger charge is -2.25. The van der Waals surface area contributed by atoms with Gasteiger partial charge >= 0.3 is 12.1 Å². The number of alkyl carbamates (subject to hydrolysis) is 1. The molecule has 13 heteroatoms. The number of primary amides is 1. The molecule has 0 radical (unpaired) electrons. The SMILES string of the molecule is CCCC(=O)N[C@H](C(=O)N[C@@H](CCCNC(N)=O)C(=O)Nc1ccc(COC(=O)NCCCC(C)=O)cc1)C(C)C. The number of carbonyl (C=O) groups is 6. The first-order valence-corrected chi connectivity index (χ1v) is 13.9. The van der Waals surface area contributed by atoms with E-state index in [4.69, 9.17) is 10.5 Å². The van der Waals surface area contributed by atoms with Crippen LogP contribution in [0.4, 0.5) is 15.3 Å². The summed E-state index contributed by atoms with van der Waals surface area (Å²) in [5.74, 6) is -1.37. The monoisotopic (exact) mass is 576 g/mol. The number of carbonyl (C=O) groups excluding carboxylic acids is 6. The van der Waals surface area contributed by atoms with Crippen LogP contribution in [0.25, 0.3) is 0 Å². The average Bonchev–Trinajstić information content (AvgIpc) is 2.90. The number of benzene rings is 1. The Morgan fingerprint density at radius 3 is 2.12 bits per heavy atom. The van der Waals surface area contributed by atoms with Crippen LogP contribution in [0.15, 0.2) is 24.3 Å². The van der Waals surface area contributed by atoms with Crippen LogP contribution in [0, 0.1) is 5.92 Å². The van der Waals surface area contributed by atoms with Gasteiger partial charge in [0.15, 0.2) is 0 Å². The molecule has 6 amide bonds. The Bertz CT molecular complexity index is 1030. The van der Waals surface area contributed by atoms with Crippen LogP contribution in [0.3, 0.4) is 0 Å². The molecule has 0 aromatic heterocycles. The van der Waals surface area contributed by atoms with Crippen molar-refractivity contribution in [2.75, 3.05) is 18.4 Å². The van der Waals surface area contributed by atoms with Gasteiger partial charge in [0.25, 0.3) is 0 Å². The molecule has 0 fully saturated rings. The summed E-state index contributed by atoms with van der Waals surface area (Å²) >= 11 is 0. The Hall–Kier alpha value is -4.16. The van der Waals surface area contributed by atoms with Crippen molar-refractivity contribution in [1.82, 2.24) is 21.3 Å². The summed E-state index contributed by atoms with van der Waals surface area (Å²) in [6.07, 6.45) is 1.81. The van der Waals surface area contributed by atoms with E-state index >= 15 is 0 Å². The highest BCUT2D eigenvalue weighted by atomic mass is 16.5. The van der Waals surface area contributed by atoms with Crippen LogP contribution < -0.4 is 32.3 Å². The summed E-state index contributed by atoms with van der Waals surface area (Å²) in [6.45, 7) is 7.51. The second-order valence-corrected chi connectivity index (χ2v) is 10.0. The molecule has 0 spiro atoms. The number of Topliss-reactive ketones (excluding diaryl/α,β-unsaturated/α-hetero) is 1. The number of nitrogens with two attached hydrogens (primary N) is 1. The summed E-state index contributed by atoms with van der Waals surface area (Å²) in [5, 5.41) is 13.2. The Morgan fingerprint density at radius 2 is 1.54 bits per heavy atom. The first-order valence-electron chi connectivity index (χ1n) is 13.9. The number of ketones is 1. The van der Waals surface area contributed by atoms with Crippen molar-refractivity contribution in [3.05, 3.63) is 29.8 Å². The highest BCUT2D eigenvalue weighted by molar-refractivity contribution is 5.98. The summed E-state index contributed by atoms with van der Waals surface area (Å²) < 4.78 is 5.16. The number of hydrogen-bond donors (Lipinski definition) is 6. The summed E-state index contributed by atoms with van der Waals surface area (Å²) in [7, 11) is 0. The number of amides is 6. The lowest BCUT2D eigenvalue weighted by Crippen LogP contribution is -2.54. The van der Waals surface area contributed by atoms with E-state index in [1.165, 1.54) is 6.92 Å². The van der Waals surface area contributed by atoms with E-state index in [0.29, 0.717) is 43.5 Å². The molecule has 0 aliphatic heterocycles. The minimum atomic E-state index is -0.948. The van der Waals surface area contributed by atoms with Crippen molar-refractivity contribution < 1.29 is 33.5 Å². The van der Waals surface area contributed by atoms with Crippen LogP contribution in [0.1, 0.15) is 71.8 Å². The van der Waals surface area contributed by atoms with E-state index in [0.717, 1.165) is 0 Å². The van der Waals surface area contributed by atoms with Crippen LogP contribution in [0.2, 0.25) is 0 Å². The molecule has 0 aliphatic rings.